The van der Waals surface area contributed by atoms with Gasteiger partial charge in [0.15, 0.2) is 0 Å². The van der Waals surface area contributed by atoms with Crippen LogP contribution in [0.4, 0.5) is 5.82 Å². The number of amides is 1. The minimum Gasteiger partial charge on any atom is -0.316 e. The van der Waals surface area contributed by atoms with Crippen molar-refractivity contribution < 1.29 is 4.79 Å². The second kappa shape index (κ2) is 8.86. The van der Waals surface area contributed by atoms with Gasteiger partial charge in [-0.15, -0.1) is 12.4 Å². The number of nitrogens with zero attached hydrogens (tertiary/aromatic N) is 2. The number of aromatic nitrogens is 2. The maximum Gasteiger partial charge on any atom is 0.225 e. The number of carbonyl (C=O) groups is 1. The van der Waals surface area contributed by atoms with Crippen molar-refractivity contribution in [3.05, 3.63) is 11.8 Å². The largest absolute Gasteiger partial charge is 0.316 e. The zero-order valence-electron chi connectivity index (χ0n) is 15.7. The van der Waals surface area contributed by atoms with E-state index >= 15 is 0 Å². The summed E-state index contributed by atoms with van der Waals surface area (Å²) in [7, 11) is 1.89. The smallest absolute Gasteiger partial charge is 0.225 e. The van der Waals surface area contributed by atoms with Gasteiger partial charge in [0.2, 0.25) is 5.91 Å². The highest BCUT2D eigenvalue weighted by Crippen LogP contribution is 2.24. The third-order valence-corrected chi connectivity index (χ3v) is 4.56. The lowest BCUT2D eigenvalue weighted by Crippen LogP contribution is -2.34. The van der Waals surface area contributed by atoms with Crippen molar-refractivity contribution in [2.24, 2.45) is 24.3 Å². The highest BCUT2D eigenvalue weighted by molar-refractivity contribution is 5.90. The quantitative estimate of drug-likeness (QED) is 0.850. The molecule has 138 valence electrons. The maximum atomic E-state index is 12.3. The van der Waals surface area contributed by atoms with E-state index in [-0.39, 0.29) is 23.7 Å². The van der Waals surface area contributed by atoms with E-state index in [2.05, 4.69) is 43.4 Å². The summed E-state index contributed by atoms with van der Waals surface area (Å²) in [5.74, 6) is 1.90. The van der Waals surface area contributed by atoms with Gasteiger partial charge in [-0.25, -0.2) is 0 Å². The maximum absolute atomic E-state index is 12.3. The van der Waals surface area contributed by atoms with Crippen LogP contribution in [0.1, 0.15) is 52.7 Å². The van der Waals surface area contributed by atoms with Crippen molar-refractivity contribution in [3.8, 4) is 0 Å². The molecule has 0 saturated carbocycles. The number of nitrogens with one attached hydrogen (secondary N) is 2. The van der Waals surface area contributed by atoms with Gasteiger partial charge >= 0.3 is 0 Å². The fourth-order valence-corrected chi connectivity index (χ4v) is 3.29. The van der Waals surface area contributed by atoms with Gasteiger partial charge < -0.3 is 10.6 Å². The van der Waals surface area contributed by atoms with Gasteiger partial charge in [0.25, 0.3) is 0 Å². The first kappa shape index (κ1) is 21.0. The highest BCUT2D eigenvalue weighted by Gasteiger charge is 2.22. The molecule has 1 aromatic rings. The van der Waals surface area contributed by atoms with E-state index in [4.69, 9.17) is 0 Å². The number of aryl methyl sites for hydroxylation is 1. The highest BCUT2D eigenvalue weighted by atomic mass is 35.5. The van der Waals surface area contributed by atoms with Crippen LogP contribution >= 0.6 is 12.4 Å². The van der Waals surface area contributed by atoms with Gasteiger partial charge in [0.1, 0.15) is 5.82 Å². The lowest BCUT2D eigenvalue weighted by atomic mass is 9.85. The number of rotatable bonds is 5. The Balaban J connectivity index is 0.00000288. The Bertz CT molecular complexity index is 530. The van der Waals surface area contributed by atoms with Crippen LogP contribution in [-0.4, -0.2) is 28.8 Å². The summed E-state index contributed by atoms with van der Waals surface area (Å²) in [4.78, 5) is 12.3. The van der Waals surface area contributed by atoms with Crippen LogP contribution in [0.5, 0.6) is 0 Å². The Morgan fingerprint density at radius 1 is 1.50 bits per heavy atom. The molecular weight excluding hydrogens is 324 g/mol. The first-order valence-corrected chi connectivity index (χ1v) is 8.78. The lowest BCUT2D eigenvalue weighted by Gasteiger charge is -2.27. The third-order valence-electron chi connectivity index (χ3n) is 4.56. The molecule has 6 heteroatoms. The second-order valence-corrected chi connectivity index (χ2v) is 8.22. The van der Waals surface area contributed by atoms with Crippen molar-refractivity contribution in [1.82, 2.24) is 15.1 Å². The summed E-state index contributed by atoms with van der Waals surface area (Å²) in [6.45, 7) is 10.9. The van der Waals surface area contributed by atoms with Gasteiger partial charge in [-0.05, 0) is 49.6 Å². The van der Waals surface area contributed by atoms with Crippen molar-refractivity contribution in [1.29, 1.82) is 0 Å². The minimum absolute atomic E-state index is 0. The SMILES string of the molecule is CC(CC(=O)Nc1cc(CC(C)(C)C)nn1C)C1CCCNC1.Cl. The molecule has 0 radical (unpaired) electrons. The molecule has 2 rings (SSSR count). The molecule has 2 heterocycles. The molecule has 1 aromatic heterocycles. The molecule has 2 N–H and O–H groups in total. The first-order valence-electron chi connectivity index (χ1n) is 8.78. The lowest BCUT2D eigenvalue weighted by molar-refractivity contribution is -0.117. The molecule has 1 fully saturated rings. The summed E-state index contributed by atoms with van der Waals surface area (Å²) < 4.78 is 1.77. The van der Waals surface area contributed by atoms with E-state index in [0.29, 0.717) is 18.3 Å². The number of hydrogen-bond acceptors (Lipinski definition) is 3. The minimum atomic E-state index is 0. The van der Waals surface area contributed by atoms with Crippen LogP contribution < -0.4 is 10.6 Å². The molecule has 0 aliphatic carbocycles. The van der Waals surface area contributed by atoms with E-state index in [1.807, 2.05) is 13.1 Å². The van der Waals surface area contributed by atoms with Crippen molar-refractivity contribution in [2.45, 2.75) is 53.4 Å². The number of carbonyl (C=O) groups excluding carboxylic acids is 1. The molecule has 24 heavy (non-hydrogen) atoms. The molecular formula is C18H33ClN4O. The molecule has 0 spiro atoms. The average molecular weight is 357 g/mol. The zero-order valence-corrected chi connectivity index (χ0v) is 16.5. The molecule has 1 saturated heterocycles. The molecule has 0 aromatic carbocycles. The van der Waals surface area contributed by atoms with Crippen LogP contribution in [-0.2, 0) is 18.3 Å². The normalized spacial score (nSPS) is 19.5. The topological polar surface area (TPSA) is 59.0 Å². The second-order valence-electron chi connectivity index (χ2n) is 8.22. The first-order chi connectivity index (χ1) is 10.7. The van der Waals surface area contributed by atoms with E-state index < -0.39 is 0 Å². The monoisotopic (exact) mass is 356 g/mol. The summed E-state index contributed by atoms with van der Waals surface area (Å²) in [6.07, 6.45) is 3.92. The number of hydrogen-bond donors (Lipinski definition) is 2. The van der Waals surface area contributed by atoms with Gasteiger partial charge in [-0.3, -0.25) is 9.48 Å². The summed E-state index contributed by atoms with van der Waals surface area (Å²) in [6, 6.07) is 2.00. The van der Waals surface area contributed by atoms with Gasteiger partial charge in [-0.2, -0.15) is 5.10 Å². The van der Waals surface area contributed by atoms with Crippen molar-refractivity contribution >= 4 is 24.1 Å². The Hall–Kier alpha value is -1.07. The van der Waals surface area contributed by atoms with E-state index in [9.17, 15) is 4.79 Å². The molecule has 1 aliphatic rings. The predicted octanol–water partition coefficient (Wildman–Crippen LogP) is 3.39. The molecule has 1 amide bonds. The van der Waals surface area contributed by atoms with Crippen LogP contribution in [0.2, 0.25) is 0 Å². The van der Waals surface area contributed by atoms with Gasteiger partial charge in [0.05, 0.1) is 5.69 Å². The predicted molar refractivity (Wildman–Crippen MR) is 102 cm³/mol. The average Bonchev–Trinajstić information content (AvgIpc) is 2.77. The van der Waals surface area contributed by atoms with Crippen LogP contribution in [0, 0.1) is 17.3 Å². The number of piperidine rings is 1. The Morgan fingerprint density at radius 2 is 2.21 bits per heavy atom. The van der Waals surface area contributed by atoms with Crippen LogP contribution in [0.25, 0.3) is 0 Å². The summed E-state index contributed by atoms with van der Waals surface area (Å²) in [5, 5.41) is 11.0. The number of halogens is 1. The van der Waals surface area contributed by atoms with Gasteiger partial charge in [-0.1, -0.05) is 27.7 Å². The van der Waals surface area contributed by atoms with E-state index in [0.717, 1.165) is 31.0 Å². The van der Waals surface area contributed by atoms with Crippen LogP contribution in [0.3, 0.4) is 0 Å². The Morgan fingerprint density at radius 3 is 2.79 bits per heavy atom. The molecule has 5 nitrogen and oxygen atoms in total. The number of anilines is 1. The Kier molecular flexibility index (Phi) is 7.74. The third kappa shape index (κ3) is 6.44. The fraction of sp³-hybridized carbons (Fsp3) is 0.778. The Labute approximate surface area is 152 Å². The molecule has 0 bridgehead atoms. The zero-order chi connectivity index (χ0) is 17.0. The summed E-state index contributed by atoms with van der Waals surface area (Å²) in [5.41, 5.74) is 1.22. The molecule has 1 aliphatic heterocycles. The van der Waals surface area contributed by atoms with Crippen molar-refractivity contribution in [2.75, 3.05) is 18.4 Å². The fourth-order valence-electron chi connectivity index (χ4n) is 3.29. The van der Waals surface area contributed by atoms with Gasteiger partial charge in [0, 0.05) is 19.5 Å². The summed E-state index contributed by atoms with van der Waals surface area (Å²) >= 11 is 0. The molecule has 2 unspecified atom stereocenters. The van der Waals surface area contributed by atoms with Crippen molar-refractivity contribution in [3.63, 3.8) is 0 Å². The van der Waals surface area contributed by atoms with E-state index in [1.165, 1.54) is 12.8 Å². The van der Waals surface area contributed by atoms with E-state index in [1.54, 1.807) is 4.68 Å². The van der Waals surface area contributed by atoms with Crippen LogP contribution in [0.15, 0.2) is 6.07 Å². The standard InChI is InChI=1S/C18H32N4O.ClH/c1-13(14-7-6-8-19-12-14)9-17(23)20-16-10-15(21-22(16)5)11-18(2,3)4;/h10,13-14,19H,6-9,11-12H2,1-5H3,(H,20,23);1H. The molecule has 2 atom stereocenters.